The quantitative estimate of drug-likeness (QED) is 0.513. The number of carbonyl (C=O) groups excluding carboxylic acids is 1. The lowest BCUT2D eigenvalue weighted by atomic mass is 10.1. The molecular formula is C11H12ClN3O4. The summed E-state index contributed by atoms with van der Waals surface area (Å²) in [6.07, 6.45) is 1.91. The molecule has 1 N–H and O–H groups in total. The van der Waals surface area contributed by atoms with E-state index in [-0.39, 0.29) is 22.3 Å². The van der Waals surface area contributed by atoms with Crippen LogP contribution in [0.15, 0.2) is 12.3 Å². The Kier molecular flexibility index (Phi) is 4.28. The molecule has 1 unspecified atom stereocenters. The van der Waals surface area contributed by atoms with Crippen LogP contribution in [-0.4, -0.2) is 35.6 Å². The maximum absolute atomic E-state index is 11.9. The summed E-state index contributed by atoms with van der Waals surface area (Å²) >= 11 is 5.77. The van der Waals surface area contributed by atoms with Gasteiger partial charge in [-0.1, -0.05) is 11.6 Å². The second-order valence-electron chi connectivity index (χ2n) is 4.23. The minimum absolute atomic E-state index is 0.00906. The fraction of sp³-hybridized carbons (Fsp3) is 0.455. The molecule has 19 heavy (non-hydrogen) atoms. The number of ether oxygens (including phenoxy) is 1. The number of halogens is 1. The van der Waals surface area contributed by atoms with E-state index in [1.165, 1.54) is 0 Å². The van der Waals surface area contributed by atoms with E-state index in [1.54, 1.807) is 0 Å². The summed E-state index contributed by atoms with van der Waals surface area (Å²) in [5, 5.41) is 13.3. The third kappa shape index (κ3) is 3.39. The highest BCUT2D eigenvalue weighted by atomic mass is 35.5. The number of pyridine rings is 1. The van der Waals surface area contributed by atoms with E-state index in [2.05, 4.69) is 10.3 Å². The zero-order valence-electron chi connectivity index (χ0n) is 9.97. The van der Waals surface area contributed by atoms with Gasteiger partial charge in [0.05, 0.1) is 17.1 Å². The Bertz CT molecular complexity index is 503. The molecule has 1 aromatic heterocycles. The summed E-state index contributed by atoms with van der Waals surface area (Å²) in [5.41, 5.74) is -0.256. The highest BCUT2D eigenvalue weighted by Crippen LogP contribution is 2.19. The van der Waals surface area contributed by atoms with Crippen LogP contribution < -0.4 is 5.32 Å². The zero-order chi connectivity index (χ0) is 13.8. The Morgan fingerprint density at radius 1 is 1.68 bits per heavy atom. The molecule has 0 aliphatic carbocycles. The summed E-state index contributed by atoms with van der Waals surface area (Å²) in [6.45, 7) is 1.76. The van der Waals surface area contributed by atoms with Crippen LogP contribution in [0.1, 0.15) is 16.8 Å². The van der Waals surface area contributed by atoms with Crippen molar-refractivity contribution in [3.8, 4) is 0 Å². The van der Waals surface area contributed by atoms with Gasteiger partial charge in [0.2, 0.25) is 0 Å². The molecular weight excluding hydrogens is 274 g/mol. The van der Waals surface area contributed by atoms with Crippen LogP contribution in [0, 0.1) is 16.0 Å². The second-order valence-corrected chi connectivity index (χ2v) is 4.59. The van der Waals surface area contributed by atoms with Crippen molar-refractivity contribution in [1.29, 1.82) is 0 Å². The molecule has 1 aliphatic rings. The number of amides is 1. The lowest BCUT2D eigenvalue weighted by Crippen LogP contribution is -2.29. The van der Waals surface area contributed by atoms with Gasteiger partial charge < -0.3 is 10.1 Å². The third-order valence-corrected chi connectivity index (χ3v) is 3.16. The van der Waals surface area contributed by atoms with Crippen molar-refractivity contribution in [2.45, 2.75) is 6.42 Å². The van der Waals surface area contributed by atoms with Crippen LogP contribution in [0.25, 0.3) is 0 Å². The van der Waals surface area contributed by atoms with Crippen molar-refractivity contribution in [1.82, 2.24) is 10.3 Å². The first-order valence-electron chi connectivity index (χ1n) is 5.74. The summed E-state index contributed by atoms with van der Waals surface area (Å²) in [7, 11) is 0. The summed E-state index contributed by atoms with van der Waals surface area (Å²) in [4.78, 5) is 25.5. The molecule has 0 saturated carbocycles. The number of nitrogens with one attached hydrogen (secondary N) is 1. The minimum Gasteiger partial charge on any atom is -0.381 e. The third-order valence-electron chi connectivity index (χ3n) is 2.86. The van der Waals surface area contributed by atoms with E-state index in [9.17, 15) is 14.9 Å². The number of aromatic nitrogens is 1. The fourth-order valence-electron chi connectivity index (χ4n) is 1.77. The predicted octanol–water partition coefficient (Wildman–Crippen LogP) is 1.41. The molecule has 1 amide bonds. The van der Waals surface area contributed by atoms with Gasteiger partial charge in [0.25, 0.3) is 11.6 Å². The van der Waals surface area contributed by atoms with Crippen LogP contribution in [0.4, 0.5) is 5.69 Å². The fourth-order valence-corrected chi connectivity index (χ4v) is 1.96. The Balaban J connectivity index is 2.04. The Morgan fingerprint density at radius 2 is 2.47 bits per heavy atom. The van der Waals surface area contributed by atoms with Crippen LogP contribution in [0.5, 0.6) is 0 Å². The summed E-state index contributed by atoms with van der Waals surface area (Å²) in [6, 6.07) is 1.12. The lowest BCUT2D eigenvalue weighted by Gasteiger charge is -2.09. The number of hydrogen-bond acceptors (Lipinski definition) is 5. The highest BCUT2D eigenvalue weighted by molar-refractivity contribution is 6.32. The monoisotopic (exact) mass is 285 g/mol. The predicted molar refractivity (Wildman–Crippen MR) is 67.2 cm³/mol. The van der Waals surface area contributed by atoms with Gasteiger partial charge in [-0.2, -0.15) is 0 Å². The van der Waals surface area contributed by atoms with Crippen molar-refractivity contribution >= 4 is 23.2 Å². The summed E-state index contributed by atoms with van der Waals surface area (Å²) in [5.74, 6) is -0.192. The number of nitro groups is 1. The summed E-state index contributed by atoms with van der Waals surface area (Å²) < 4.78 is 5.19. The first-order valence-corrected chi connectivity index (χ1v) is 6.11. The first-order chi connectivity index (χ1) is 9.08. The van der Waals surface area contributed by atoms with Gasteiger partial charge >= 0.3 is 0 Å². The van der Waals surface area contributed by atoms with E-state index in [0.717, 1.165) is 18.7 Å². The normalized spacial score (nSPS) is 18.3. The minimum atomic E-state index is -0.620. The Labute approximate surface area is 114 Å². The molecule has 2 rings (SSSR count). The number of carbonyl (C=O) groups is 1. The van der Waals surface area contributed by atoms with Crippen molar-refractivity contribution in [2.24, 2.45) is 5.92 Å². The second kappa shape index (κ2) is 5.94. The highest BCUT2D eigenvalue weighted by Gasteiger charge is 2.20. The van der Waals surface area contributed by atoms with Gasteiger partial charge in [-0.15, -0.1) is 0 Å². The Hall–Kier alpha value is -1.73. The molecule has 1 atom stereocenters. The standard InChI is InChI=1S/C11H12ClN3O4/c12-10-9(3-8(5-13-10)15(17)18)11(16)14-4-7-1-2-19-6-7/h3,5,7H,1-2,4,6H2,(H,14,16). The largest absolute Gasteiger partial charge is 0.381 e. The molecule has 1 saturated heterocycles. The molecule has 1 aromatic rings. The molecule has 0 aromatic carbocycles. The van der Waals surface area contributed by atoms with E-state index in [1.807, 2.05) is 0 Å². The molecule has 102 valence electrons. The SMILES string of the molecule is O=C(NCC1CCOC1)c1cc([N+](=O)[O-])cnc1Cl. The van der Waals surface area contributed by atoms with E-state index in [0.29, 0.717) is 19.8 Å². The van der Waals surface area contributed by atoms with Gasteiger partial charge in [-0.05, 0) is 6.42 Å². The van der Waals surface area contributed by atoms with Crippen LogP contribution in [-0.2, 0) is 4.74 Å². The zero-order valence-corrected chi connectivity index (χ0v) is 10.7. The van der Waals surface area contributed by atoms with Crippen LogP contribution in [0.2, 0.25) is 5.15 Å². The smallest absolute Gasteiger partial charge is 0.288 e. The molecule has 0 spiro atoms. The van der Waals surface area contributed by atoms with Gasteiger partial charge in [0.1, 0.15) is 11.3 Å². The van der Waals surface area contributed by atoms with E-state index in [4.69, 9.17) is 16.3 Å². The molecule has 1 aliphatic heterocycles. The number of hydrogen-bond donors (Lipinski definition) is 1. The van der Waals surface area contributed by atoms with E-state index >= 15 is 0 Å². The molecule has 7 nitrogen and oxygen atoms in total. The van der Waals surface area contributed by atoms with Crippen LogP contribution in [0.3, 0.4) is 0 Å². The molecule has 1 fully saturated rings. The van der Waals surface area contributed by atoms with Gasteiger partial charge in [-0.25, -0.2) is 4.98 Å². The van der Waals surface area contributed by atoms with E-state index < -0.39 is 10.8 Å². The Morgan fingerprint density at radius 3 is 3.11 bits per heavy atom. The van der Waals surface area contributed by atoms with Crippen molar-refractivity contribution in [2.75, 3.05) is 19.8 Å². The molecule has 2 heterocycles. The van der Waals surface area contributed by atoms with Crippen molar-refractivity contribution in [3.05, 3.63) is 33.1 Å². The molecule has 0 radical (unpaired) electrons. The van der Waals surface area contributed by atoms with Gasteiger partial charge in [-0.3, -0.25) is 14.9 Å². The maximum Gasteiger partial charge on any atom is 0.288 e. The average Bonchev–Trinajstić information content (AvgIpc) is 2.89. The van der Waals surface area contributed by atoms with Crippen molar-refractivity contribution in [3.63, 3.8) is 0 Å². The maximum atomic E-state index is 11.9. The van der Waals surface area contributed by atoms with Crippen LogP contribution >= 0.6 is 11.6 Å². The number of rotatable bonds is 4. The van der Waals surface area contributed by atoms with Gasteiger partial charge in [0, 0.05) is 25.1 Å². The topological polar surface area (TPSA) is 94.4 Å². The van der Waals surface area contributed by atoms with Crippen molar-refractivity contribution < 1.29 is 14.5 Å². The van der Waals surface area contributed by atoms with Gasteiger partial charge in [0.15, 0.2) is 0 Å². The first kappa shape index (κ1) is 13.7. The average molecular weight is 286 g/mol. The number of nitrogens with zero attached hydrogens (tertiary/aromatic N) is 2. The lowest BCUT2D eigenvalue weighted by molar-refractivity contribution is -0.385. The molecule has 0 bridgehead atoms. The molecule has 8 heteroatoms.